The van der Waals surface area contributed by atoms with Crippen molar-refractivity contribution in [3.8, 4) is 0 Å². The highest BCUT2D eigenvalue weighted by Gasteiger charge is 2.40. The van der Waals surface area contributed by atoms with Crippen molar-refractivity contribution in [1.29, 1.82) is 0 Å². The number of rotatable bonds is 3. The monoisotopic (exact) mass is 275 g/mol. The summed E-state index contributed by atoms with van der Waals surface area (Å²) in [7, 11) is 0. The van der Waals surface area contributed by atoms with Gasteiger partial charge in [-0.3, -0.25) is 9.78 Å². The van der Waals surface area contributed by atoms with Crippen LogP contribution in [0.2, 0.25) is 0 Å². The smallest absolute Gasteiger partial charge is 0.252 e. The number of aromatic nitrogens is 1. The van der Waals surface area contributed by atoms with Gasteiger partial charge < -0.3 is 15.4 Å². The molecule has 5 heteroatoms. The van der Waals surface area contributed by atoms with Crippen LogP contribution in [0, 0.1) is 0 Å². The van der Waals surface area contributed by atoms with Crippen LogP contribution in [0.15, 0.2) is 24.5 Å². The maximum absolute atomic E-state index is 12.0. The Hall–Kier alpha value is -1.46. The minimum Gasteiger partial charge on any atom is -0.370 e. The summed E-state index contributed by atoms with van der Waals surface area (Å²) < 4.78 is 6.21. The summed E-state index contributed by atoms with van der Waals surface area (Å²) in [6.45, 7) is 2.66. The number of carbonyl (C=O) groups excluding carboxylic acids is 1. The van der Waals surface area contributed by atoms with Crippen molar-refractivity contribution in [3.63, 3.8) is 0 Å². The van der Waals surface area contributed by atoms with E-state index in [1.807, 2.05) is 0 Å². The van der Waals surface area contributed by atoms with E-state index < -0.39 is 0 Å². The van der Waals surface area contributed by atoms with Gasteiger partial charge in [0.1, 0.15) is 0 Å². The molecular weight excluding hydrogens is 254 g/mol. The van der Waals surface area contributed by atoms with Crippen LogP contribution in [0.25, 0.3) is 0 Å². The van der Waals surface area contributed by atoms with Crippen molar-refractivity contribution in [1.82, 2.24) is 15.6 Å². The van der Waals surface area contributed by atoms with E-state index in [0.717, 1.165) is 38.8 Å². The van der Waals surface area contributed by atoms with Gasteiger partial charge in [0.05, 0.1) is 17.3 Å². The summed E-state index contributed by atoms with van der Waals surface area (Å²) >= 11 is 0. The van der Waals surface area contributed by atoms with E-state index in [-0.39, 0.29) is 17.6 Å². The number of ether oxygens (including phenoxy) is 1. The van der Waals surface area contributed by atoms with Crippen LogP contribution in [-0.2, 0) is 4.74 Å². The molecule has 1 spiro atoms. The van der Waals surface area contributed by atoms with Crippen molar-refractivity contribution in [2.24, 2.45) is 0 Å². The molecule has 0 saturated carbocycles. The molecule has 3 rings (SSSR count). The summed E-state index contributed by atoms with van der Waals surface area (Å²) in [5.74, 6) is -0.0760. The number of hydrogen-bond donors (Lipinski definition) is 2. The standard InChI is InChI=1S/C15H21N3O2/c19-14(12-2-1-7-17-10-12)18-11-13-3-4-15(20-13)5-8-16-9-6-15/h1-2,7,10,13,16H,3-6,8-9,11H2,(H,18,19). The second kappa shape index (κ2) is 5.89. The van der Waals surface area contributed by atoms with E-state index in [4.69, 9.17) is 4.74 Å². The van der Waals surface area contributed by atoms with Gasteiger partial charge in [-0.05, 0) is 50.9 Å². The molecule has 0 radical (unpaired) electrons. The van der Waals surface area contributed by atoms with Crippen LogP contribution < -0.4 is 10.6 Å². The topological polar surface area (TPSA) is 63.2 Å². The number of nitrogens with one attached hydrogen (secondary N) is 2. The minimum atomic E-state index is -0.0760. The Labute approximate surface area is 119 Å². The molecule has 2 saturated heterocycles. The maximum Gasteiger partial charge on any atom is 0.252 e. The molecule has 1 atom stereocenters. The molecule has 2 aliphatic heterocycles. The lowest BCUT2D eigenvalue weighted by Crippen LogP contribution is -2.43. The first-order chi connectivity index (χ1) is 9.77. The van der Waals surface area contributed by atoms with Crippen molar-refractivity contribution in [2.75, 3.05) is 19.6 Å². The number of carbonyl (C=O) groups is 1. The third-order valence-electron chi connectivity index (χ3n) is 4.27. The van der Waals surface area contributed by atoms with E-state index in [1.165, 1.54) is 0 Å². The molecule has 0 aliphatic carbocycles. The summed E-state index contributed by atoms with van der Waals surface area (Å²) in [6, 6.07) is 3.54. The lowest BCUT2D eigenvalue weighted by atomic mass is 9.89. The molecular formula is C15H21N3O2. The van der Waals surface area contributed by atoms with E-state index in [1.54, 1.807) is 24.5 Å². The molecule has 1 aromatic rings. The van der Waals surface area contributed by atoms with Crippen LogP contribution in [-0.4, -0.2) is 42.2 Å². The largest absolute Gasteiger partial charge is 0.370 e. The molecule has 0 aromatic carbocycles. The molecule has 2 fully saturated rings. The fourth-order valence-electron chi connectivity index (χ4n) is 3.10. The Morgan fingerprint density at radius 3 is 3.05 bits per heavy atom. The second-order valence-corrected chi connectivity index (χ2v) is 5.66. The number of amides is 1. The van der Waals surface area contributed by atoms with E-state index in [0.29, 0.717) is 12.1 Å². The van der Waals surface area contributed by atoms with E-state index >= 15 is 0 Å². The van der Waals surface area contributed by atoms with Crippen LogP contribution >= 0.6 is 0 Å². The van der Waals surface area contributed by atoms with Crippen LogP contribution in [0.1, 0.15) is 36.0 Å². The molecule has 20 heavy (non-hydrogen) atoms. The van der Waals surface area contributed by atoms with Gasteiger partial charge >= 0.3 is 0 Å². The third kappa shape index (κ3) is 2.99. The Balaban J connectivity index is 1.49. The van der Waals surface area contributed by atoms with Gasteiger partial charge in [0.25, 0.3) is 5.91 Å². The SMILES string of the molecule is O=C(NCC1CCC2(CCNCC2)O1)c1cccnc1. The maximum atomic E-state index is 12.0. The third-order valence-corrected chi connectivity index (χ3v) is 4.27. The Bertz CT molecular complexity index is 457. The number of pyridine rings is 1. The molecule has 108 valence electrons. The predicted molar refractivity (Wildman–Crippen MR) is 75.5 cm³/mol. The molecule has 1 amide bonds. The molecule has 1 unspecified atom stereocenters. The average Bonchev–Trinajstić information content (AvgIpc) is 2.89. The normalized spacial score (nSPS) is 24.7. The Kier molecular flexibility index (Phi) is 3.98. The first-order valence-electron chi connectivity index (χ1n) is 7.34. The molecule has 3 heterocycles. The zero-order chi connectivity index (χ0) is 13.8. The number of hydrogen-bond acceptors (Lipinski definition) is 4. The summed E-state index contributed by atoms with van der Waals surface area (Å²) in [4.78, 5) is 15.9. The van der Waals surface area contributed by atoms with Gasteiger partial charge in [-0.15, -0.1) is 0 Å². The summed E-state index contributed by atoms with van der Waals surface area (Å²) in [6.07, 6.45) is 7.71. The lowest BCUT2D eigenvalue weighted by molar-refractivity contribution is -0.0576. The second-order valence-electron chi connectivity index (χ2n) is 5.66. The minimum absolute atomic E-state index is 0.0644. The van der Waals surface area contributed by atoms with Crippen LogP contribution in [0.4, 0.5) is 0 Å². The van der Waals surface area contributed by atoms with Crippen molar-refractivity contribution >= 4 is 5.91 Å². The van der Waals surface area contributed by atoms with Crippen molar-refractivity contribution in [3.05, 3.63) is 30.1 Å². The first kappa shape index (κ1) is 13.5. The average molecular weight is 275 g/mol. The zero-order valence-corrected chi connectivity index (χ0v) is 11.6. The van der Waals surface area contributed by atoms with Crippen LogP contribution in [0.5, 0.6) is 0 Å². The Morgan fingerprint density at radius 1 is 1.45 bits per heavy atom. The quantitative estimate of drug-likeness (QED) is 0.867. The number of piperidine rings is 1. The van der Waals surface area contributed by atoms with Crippen LogP contribution in [0.3, 0.4) is 0 Å². The van der Waals surface area contributed by atoms with Crippen molar-refractivity contribution < 1.29 is 9.53 Å². The van der Waals surface area contributed by atoms with Gasteiger partial charge in [0.15, 0.2) is 0 Å². The number of nitrogens with zero attached hydrogens (tertiary/aromatic N) is 1. The Morgan fingerprint density at radius 2 is 2.30 bits per heavy atom. The molecule has 2 aliphatic rings. The van der Waals surface area contributed by atoms with E-state index in [9.17, 15) is 4.79 Å². The highest BCUT2D eigenvalue weighted by Crippen LogP contribution is 2.36. The molecule has 5 nitrogen and oxygen atoms in total. The highest BCUT2D eigenvalue weighted by molar-refractivity contribution is 5.93. The van der Waals surface area contributed by atoms with Crippen molar-refractivity contribution in [2.45, 2.75) is 37.4 Å². The molecule has 0 bridgehead atoms. The summed E-state index contributed by atoms with van der Waals surface area (Å²) in [5.41, 5.74) is 0.664. The lowest BCUT2D eigenvalue weighted by Gasteiger charge is -2.33. The van der Waals surface area contributed by atoms with Gasteiger partial charge in [-0.25, -0.2) is 0 Å². The van der Waals surface area contributed by atoms with E-state index in [2.05, 4.69) is 15.6 Å². The predicted octanol–water partition coefficient (Wildman–Crippen LogP) is 1.11. The zero-order valence-electron chi connectivity index (χ0n) is 11.6. The van der Waals surface area contributed by atoms with Gasteiger partial charge in [0.2, 0.25) is 0 Å². The summed E-state index contributed by atoms with van der Waals surface area (Å²) in [5, 5.41) is 6.31. The fourth-order valence-corrected chi connectivity index (χ4v) is 3.10. The van der Waals surface area contributed by atoms with Gasteiger partial charge in [0, 0.05) is 18.9 Å². The van der Waals surface area contributed by atoms with Gasteiger partial charge in [-0.1, -0.05) is 0 Å². The molecule has 2 N–H and O–H groups in total. The highest BCUT2D eigenvalue weighted by atomic mass is 16.5. The first-order valence-corrected chi connectivity index (χ1v) is 7.34. The fraction of sp³-hybridized carbons (Fsp3) is 0.600. The van der Waals surface area contributed by atoms with Gasteiger partial charge in [-0.2, -0.15) is 0 Å². The molecule has 1 aromatic heterocycles.